The van der Waals surface area contributed by atoms with Crippen LogP contribution in [0, 0.1) is 5.92 Å². The summed E-state index contributed by atoms with van der Waals surface area (Å²) < 4.78 is 44.2. The minimum atomic E-state index is -4.48. The Morgan fingerprint density at radius 1 is 1.35 bits per heavy atom. The van der Waals surface area contributed by atoms with Crippen LogP contribution in [0.25, 0.3) is 0 Å². The van der Waals surface area contributed by atoms with Gasteiger partial charge in [-0.05, 0) is 25.2 Å². The van der Waals surface area contributed by atoms with Crippen LogP contribution in [0.2, 0.25) is 0 Å². The number of alkyl halides is 3. The summed E-state index contributed by atoms with van der Waals surface area (Å²) in [6.07, 6.45) is -2.55. The highest BCUT2D eigenvalue weighted by atomic mass is 19.4. The molecule has 0 spiro atoms. The first kappa shape index (κ1) is 14.1. The zero-order valence-electron chi connectivity index (χ0n) is 9.39. The van der Waals surface area contributed by atoms with Crippen LogP contribution >= 0.6 is 0 Å². The number of carbonyl (C=O) groups is 1. The van der Waals surface area contributed by atoms with Crippen LogP contribution in [-0.2, 0) is 9.47 Å². The van der Waals surface area contributed by atoms with Crippen molar-refractivity contribution in [3.05, 3.63) is 0 Å². The van der Waals surface area contributed by atoms with Crippen LogP contribution in [0.3, 0.4) is 0 Å². The van der Waals surface area contributed by atoms with Crippen molar-refractivity contribution in [2.24, 2.45) is 5.92 Å². The Morgan fingerprint density at radius 2 is 2.06 bits per heavy atom. The minimum Gasteiger partial charge on any atom is -0.440 e. The molecule has 1 aliphatic carbocycles. The average Bonchev–Trinajstić information content (AvgIpc) is 3.03. The van der Waals surface area contributed by atoms with Gasteiger partial charge in [0, 0.05) is 19.8 Å². The first-order chi connectivity index (χ1) is 7.97. The molecule has 0 aromatic carbocycles. The zero-order valence-corrected chi connectivity index (χ0v) is 9.39. The van der Waals surface area contributed by atoms with E-state index in [0.717, 1.165) is 6.61 Å². The third kappa shape index (κ3) is 8.79. The number of rotatable bonds is 7. The van der Waals surface area contributed by atoms with Crippen LogP contribution in [0.4, 0.5) is 18.0 Å². The van der Waals surface area contributed by atoms with Gasteiger partial charge in [-0.3, -0.25) is 0 Å². The quantitative estimate of drug-likeness (QED) is 0.708. The summed E-state index contributed by atoms with van der Waals surface area (Å²) >= 11 is 0. The molecule has 0 radical (unpaired) electrons. The van der Waals surface area contributed by atoms with E-state index in [1.807, 2.05) is 0 Å². The molecule has 17 heavy (non-hydrogen) atoms. The van der Waals surface area contributed by atoms with Gasteiger partial charge >= 0.3 is 12.3 Å². The fraction of sp³-hybridized carbons (Fsp3) is 0.900. The molecule has 1 rings (SSSR count). The van der Waals surface area contributed by atoms with Crippen molar-refractivity contribution in [1.82, 2.24) is 5.32 Å². The van der Waals surface area contributed by atoms with Crippen molar-refractivity contribution in [3.63, 3.8) is 0 Å². The predicted molar refractivity (Wildman–Crippen MR) is 53.6 cm³/mol. The van der Waals surface area contributed by atoms with Gasteiger partial charge in [-0.2, -0.15) is 13.2 Å². The van der Waals surface area contributed by atoms with Crippen LogP contribution < -0.4 is 5.32 Å². The highest BCUT2D eigenvalue weighted by Crippen LogP contribution is 2.28. The van der Waals surface area contributed by atoms with Gasteiger partial charge in [0.25, 0.3) is 0 Å². The number of hydrogen-bond acceptors (Lipinski definition) is 3. The minimum absolute atomic E-state index is 0.251. The summed E-state index contributed by atoms with van der Waals surface area (Å²) in [6, 6.07) is 0. The molecule has 0 unspecified atom stereocenters. The zero-order chi connectivity index (χ0) is 12.7. The van der Waals surface area contributed by atoms with E-state index in [1.54, 1.807) is 0 Å². The molecule has 1 fully saturated rings. The summed E-state index contributed by atoms with van der Waals surface area (Å²) in [5.41, 5.74) is 0. The second kappa shape index (κ2) is 6.68. The summed E-state index contributed by atoms with van der Waals surface area (Å²) in [6.45, 7) is -0.0764. The van der Waals surface area contributed by atoms with E-state index in [4.69, 9.17) is 4.74 Å². The molecule has 1 N–H and O–H groups in total. The molecule has 0 aliphatic heterocycles. The van der Waals surface area contributed by atoms with Crippen molar-refractivity contribution >= 4 is 6.09 Å². The van der Waals surface area contributed by atoms with Gasteiger partial charge in [-0.25, -0.2) is 4.79 Å². The van der Waals surface area contributed by atoms with Crippen LogP contribution in [0.15, 0.2) is 0 Å². The van der Waals surface area contributed by atoms with Crippen molar-refractivity contribution in [2.75, 3.05) is 26.4 Å². The van der Waals surface area contributed by atoms with Crippen LogP contribution in [0.1, 0.15) is 19.3 Å². The van der Waals surface area contributed by atoms with E-state index >= 15 is 0 Å². The molecule has 4 nitrogen and oxygen atoms in total. The lowest BCUT2D eigenvalue weighted by Gasteiger charge is -2.09. The maximum absolute atomic E-state index is 11.7. The lowest BCUT2D eigenvalue weighted by atomic mass is 10.4. The lowest BCUT2D eigenvalue weighted by Crippen LogP contribution is -2.30. The molecule has 1 saturated carbocycles. The first-order valence-corrected chi connectivity index (χ1v) is 5.52. The lowest BCUT2D eigenvalue weighted by molar-refractivity contribution is -0.160. The smallest absolute Gasteiger partial charge is 0.422 e. The van der Waals surface area contributed by atoms with Crippen molar-refractivity contribution in [2.45, 2.75) is 25.4 Å². The van der Waals surface area contributed by atoms with Gasteiger partial charge in [0.15, 0.2) is 6.61 Å². The topological polar surface area (TPSA) is 47.6 Å². The number of carbonyl (C=O) groups excluding carboxylic acids is 1. The molecular formula is C10H16F3NO3. The molecule has 0 saturated heterocycles. The SMILES string of the molecule is O=C(NCCCOCC1CC1)OCC(F)(F)F. The first-order valence-electron chi connectivity index (χ1n) is 5.52. The average molecular weight is 255 g/mol. The molecule has 0 aromatic rings. The van der Waals surface area contributed by atoms with E-state index in [-0.39, 0.29) is 6.54 Å². The van der Waals surface area contributed by atoms with Crippen LogP contribution in [-0.4, -0.2) is 38.6 Å². The number of hydrogen-bond donors (Lipinski definition) is 1. The maximum Gasteiger partial charge on any atom is 0.422 e. The summed E-state index contributed by atoms with van der Waals surface area (Å²) in [5, 5.41) is 2.22. The summed E-state index contributed by atoms with van der Waals surface area (Å²) in [7, 11) is 0. The van der Waals surface area contributed by atoms with E-state index < -0.39 is 18.9 Å². The molecule has 0 aromatic heterocycles. The van der Waals surface area contributed by atoms with E-state index in [0.29, 0.717) is 18.9 Å². The van der Waals surface area contributed by atoms with Crippen molar-refractivity contribution < 1.29 is 27.4 Å². The van der Waals surface area contributed by atoms with Gasteiger partial charge in [0.05, 0.1) is 0 Å². The standard InChI is InChI=1S/C10H16F3NO3/c11-10(12,13)7-17-9(15)14-4-1-5-16-6-8-2-3-8/h8H,1-7H2,(H,14,15). The fourth-order valence-corrected chi connectivity index (χ4v) is 1.10. The Kier molecular flexibility index (Phi) is 5.54. The van der Waals surface area contributed by atoms with Crippen molar-refractivity contribution in [1.29, 1.82) is 0 Å². The fourth-order valence-electron chi connectivity index (χ4n) is 1.10. The van der Waals surface area contributed by atoms with E-state index in [2.05, 4.69) is 10.1 Å². The number of amides is 1. The predicted octanol–water partition coefficient (Wildman–Crippen LogP) is 2.09. The Labute approximate surface area is 97.5 Å². The second-order valence-electron chi connectivity index (χ2n) is 3.99. The Bertz CT molecular complexity index is 241. The highest BCUT2D eigenvalue weighted by Gasteiger charge is 2.29. The van der Waals surface area contributed by atoms with E-state index in [1.165, 1.54) is 12.8 Å². The van der Waals surface area contributed by atoms with Gasteiger partial charge in [0.1, 0.15) is 0 Å². The maximum atomic E-state index is 11.7. The number of nitrogens with one attached hydrogen (secondary N) is 1. The molecule has 0 bridgehead atoms. The monoisotopic (exact) mass is 255 g/mol. The van der Waals surface area contributed by atoms with Gasteiger partial charge in [-0.1, -0.05) is 0 Å². The molecule has 0 atom stereocenters. The van der Waals surface area contributed by atoms with Crippen molar-refractivity contribution in [3.8, 4) is 0 Å². The number of alkyl carbamates (subject to hydrolysis) is 1. The van der Waals surface area contributed by atoms with Gasteiger partial charge in [-0.15, -0.1) is 0 Å². The Morgan fingerprint density at radius 3 is 2.65 bits per heavy atom. The number of halogens is 3. The molecule has 100 valence electrons. The summed E-state index contributed by atoms with van der Waals surface area (Å²) in [5.74, 6) is 0.680. The van der Waals surface area contributed by atoms with Crippen LogP contribution in [0.5, 0.6) is 0 Å². The number of ether oxygens (including phenoxy) is 2. The molecule has 1 aliphatic rings. The summed E-state index contributed by atoms with van der Waals surface area (Å²) in [4.78, 5) is 10.8. The molecule has 7 heteroatoms. The molecule has 0 heterocycles. The third-order valence-corrected chi connectivity index (χ3v) is 2.15. The third-order valence-electron chi connectivity index (χ3n) is 2.15. The van der Waals surface area contributed by atoms with E-state index in [9.17, 15) is 18.0 Å². The molecular weight excluding hydrogens is 239 g/mol. The van der Waals surface area contributed by atoms with Gasteiger partial charge < -0.3 is 14.8 Å². The normalized spacial score (nSPS) is 15.7. The van der Waals surface area contributed by atoms with Gasteiger partial charge in [0.2, 0.25) is 0 Å². The molecule has 1 amide bonds. The largest absolute Gasteiger partial charge is 0.440 e. The second-order valence-corrected chi connectivity index (χ2v) is 3.99. The Hall–Kier alpha value is -0.980. The highest BCUT2D eigenvalue weighted by molar-refractivity contribution is 5.67. The Balaban J connectivity index is 1.85.